The largest absolute Gasteiger partial charge is 0.271 e. The first kappa shape index (κ1) is 15.0. The van der Waals surface area contributed by atoms with Crippen LogP contribution in [0.25, 0.3) is 0 Å². The molecule has 0 aliphatic rings. The summed E-state index contributed by atoms with van der Waals surface area (Å²) in [6, 6.07) is 4.69. The van der Waals surface area contributed by atoms with Crippen molar-refractivity contribution in [2.75, 3.05) is 0 Å². The monoisotopic (exact) mass is 348 g/mol. The fourth-order valence-corrected chi connectivity index (χ4v) is 2.18. The lowest BCUT2D eigenvalue weighted by atomic mass is 9.98. The second-order valence-electron chi connectivity index (χ2n) is 4.03. The van der Waals surface area contributed by atoms with Crippen molar-refractivity contribution in [3.05, 3.63) is 69.2 Å². The van der Waals surface area contributed by atoms with Gasteiger partial charge in [-0.05, 0) is 18.2 Å². The van der Waals surface area contributed by atoms with Crippen molar-refractivity contribution in [1.29, 1.82) is 0 Å². The van der Waals surface area contributed by atoms with E-state index in [4.69, 9.17) is 5.84 Å². The Kier molecular flexibility index (Phi) is 4.42. The molecule has 7 heteroatoms. The number of nitrogens with two attached hydrogens (primary N) is 1. The predicted molar refractivity (Wildman–Crippen MR) is 69.6 cm³/mol. The summed E-state index contributed by atoms with van der Waals surface area (Å²) < 4.78 is 54.3. The third kappa shape index (κ3) is 2.70. The molecule has 1 atom stereocenters. The van der Waals surface area contributed by atoms with Crippen LogP contribution >= 0.6 is 15.9 Å². The highest BCUT2D eigenvalue weighted by molar-refractivity contribution is 9.10. The molecular formula is C13H9BrF4N2. The Morgan fingerprint density at radius 3 is 2.15 bits per heavy atom. The summed E-state index contributed by atoms with van der Waals surface area (Å²) in [5, 5.41) is 0. The molecule has 20 heavy (non-hydrogen) atoms. The van der Waals surface area contributed by atoms with Gasteiger partial charge in [-0.3, -0.25) is 5.84 Å². The van der Waals surface area contributed by atoms with E-state index in [-0.39, 0.29) is 11.1 Å². The smallest absolute Gasteiger partial charge is 0.194 e. The van der Waals surface area contributed by atoms with E-state index in [2.05, 4.69) is 21.4 Å². The normalized spacial score (nSPS) is 12.5. The quantitative estimate of drug-likeness (QED) is 0.385. The molecule has 106 valence electrons. The number of halogens is 5. The van der Waals surface area contributed by atoms with Gasteiger partial charge in [-0.15, -0.1) is 0 Å². The minimum atomic E-state index is -1.62. The SMILES string of the molecule is NNC(c1ccc(Br)cc1F)c1ccc(F)c(F)c1F. The molecule has 0 aliphatic carbocycles. The van der Waals surface area contributed by atoms with Crippen molar-refractivity contribution < 1.29 is 17.6 Å². The first-order valence-electron chi connectivity index (χ1n) is 5.50. The van der Waals surface area contributed by atoms with Crippen LogP contribution in [0.15, 0.2) is 34.8 Å². The number of nitrogens with one attached hydrogen (secondary N) is 1. The van der Waals surface area contributed by atoms with E-state index in [1.54, 1.807) is 0 Å². The van der Waals surface area contributed by atoms with E-state index >= 15 is 0 Å². The molecule has 0 aromatic heterocycles. The molecule has 0 spiro atoms. The Morgan fingerprint density at radius 2 is 1.55 bits per heavy atom. The fraction of sp³-hybridized carbons (Fsp3) is 0.0769. The molecule has 0 saturated carbocycles. The maximum absolute atomic E-state index is 13.9. The van der Waals surface area contributed by atoms with Crippen molar-refractivity contribution in [2.45, 2.75) is 6.04 Å². The summed E-state index contributed by atoms with van der Waals surface area (Å²) in [4.78, 5) is 0. The molecule has 2 aromatic rings. The summed E-state index contributed by atoms with van der Waals surface area (Å²) in [6.45, 7) is 0. The van der Waals surface area contributed by atoms with Crippen LogP contribution in [0.4, 0.5) is 17.6 Å². The van der Waals surface area contributed by atoms with Crippen LogP contribution < -0.4 is 11.3 Å². The Hall–Kier alpha value is -1.44. The van der Waals surface area contributed by atoms with Gasteiger partial charge >= 0.3 is 0 Å². The maximum atomic E-state index is 13.9. The summed E-state index contributed by atoms with van der Waals surface area (Å²) in [5.74, 6) is 0.276. The molecule has 2 nitrogen and oxygen atoms in total. The highest BCUT2D eigenvalue weighted by atomic mass is 79.9. The lowest BCUT2D eigenvalue weighted by Gasteiger charge is -2.18. The van der Waals surface area contributed by atoms with Gasteiger partial charge in [0.2, 0.25) is 0 Å². The molecule has 0 aliphatic heterocycles. The number of rotatable bonds is 3. The molecule has 0 saturated heterocycles. The van der Waals surface area contributed by atoms with Crippen LogP contribution in [0.3, 0.4) is 0 Å². The second-order valence-corrected chi connectivity index (χ2v) is 4.95. The van der Waals surface area contributed by atoms with Gasteiger partial charge in [0.25, 0.3) is 0 Å². The van der Waals surface area contributed by atoms with E-state index in [1.165, 1.54) is 12.1 Å². The molecule has 0 fully saturated rings. The van der Waals surface area contributed by atoms with E-state index < -0.39 is 29.3 Å². The first-order valence-corrected chi connectivity index (χ1v) is 6.29. The van der Waals surface area contributed by atoms with Crippen LogP contribution in [0.5, 0.6) is 0 Å². The number of hydrogen-bond acceptors (Lipinski definition) is 2. The molecular weight excluding hydrogens is 340 g/mol. The fourth-order valence-electron chi connectivity index (χ4n) is 1.85. The molecule has 2 aromatic carbocycles. The summed E-state index contributed by atoms with van der Waals surface area (Å²) in [6.07, 6.45) is 0. The van der Waals surface area contributed by atoms with Crippen LogP contribution in [-0.2, 0) is 0 Å². The van der Waals surface area contributed by atoms with Crippen LogP contribution in [0.1, 0.15) is 17.2 Å². The standard InChI is InChI=1S/C13H9BrF4N2/c14-6-1-2-7(10(16)5-6)13(20-19)8-3-4-9(15)12(18)11(8)17/h1-5,13,20H,19H2. The summed E-state index contributed by atoms with van der Waals surface area (Å²) >= 11 is 3.08. The lowest BCUT2D eigenvalue weighted by Crippen LogP contribution is -2.30. The summed E-state index contributed by atoms with van der Waals surface area (Å²) in [5.41, 5.74) is 1.93. The van der Waals surface area contributed by atoms with E-state index in [1.807, 2.05) is 0 Å². The van der Waals surface area contributed by atoms with Gasteiger partial charge < -0.3 is 0 Å². The zero-order valence-electron chi connectivity index (χ0n) is 9.93. The van der Waals surface area contributed by atoms with Gasteiger partial charge in [-0.1, -0.05) is 28.1 Å². The summed E-state index contributed by atoms with van der Waals surface area (Å²) in [7, 11) is 0. The minimum absolute atomic E-state index is 0.0145. The molecule has 0 amide bonds. The molecule has 0 radical (unpaired) electrons. The average Bonchev–Trinajstić information content (AvgIpc) is 2.41. The van der Waals surface area contributed by atoms with Crippen molar-refractivity contribution in [1.82, 2.24) is 5.43 Å². The highest BCUT2D eigenvalue weighted by Gasteiger charge is 2.23. The Labute approximate surface area is 120 Å². The Bertz CT molecular complexity index is 649. The minimum Gasteiger partial charge on any atom is -0.271 e. The second kappa shape index (κ2) is 5.90. The van der Waals surface area contributed by atoms with Crippen molar-refractivity contribution in [3.63, 3.8) is 0 Å². The third-order valence-corrected chi connectivity index (χ3v) is 3.31. The van der Waals surface area contributed by atoms with E-state index in [0.29, 0.717) is 4.47 Å². The lowest BCUT2D eigenvalue weighted by molar-refractivity contribution is 0.431. The van der Waals surface area contributed by atoms with Gasteiger partial charge in [0.05, 0.1) is 6.04 Å². The van der Waals surface area contributed by atoms with Crippen LogP contribution in [-0.4, -0.2) is 0 Å². The molecule has 2 rings (SSSR count). The van der Waals surface area contributed by atoms with Crippen molar-refractivity contribution in [3.8, 4) is 0 Å². The maximum Gasteiger partial charge on any atom is 0.194 e. The number of hydrogen-bond donors (Lipinski definition) is 2. The topological polar surface area (TPSA) is 38.0 Å². The van der Waals surface area contributed by atoms with E-state index in [9.17, 15) is 17.6 Å². The van der Waals surface area contributed by atoms with Gasteiger partial charge in [0.15, 0.2) is 17.5 Å². The molecule has 1 unspecified atom stereocenters. The molecule has 3 N–H and O–H groups in total. The third-order valence-electron chi connectivity index (χ3n) is 2.82. The zero-order chi connectivity index (χ0) is 14.9. The van der Waals surface area contributed by atoms with Crippen molar-refractivity contribution >= 4 is 15.9 Å². The van der Waals surface area contributed by atoms with Gasteiger partial charge in [0.1, 0.15) is 5.82 Å². The van der Waals surface area contributed by atoms with Crippen molar-refractivity contribution in [2.24, 2.45) is 5.84 Å². The zero-order valence-corrected chi connectivity index (χ0v) is 11.5. The molecule has 0 bridgehead atoms. The average molecular weight is 349 g/mol. The van der Waals surface area contributed by atoms with Crippen LogP contribution in [0, 0.1) is 23.3 Å². The van der Waals surface area contributed by atoms with Gasteiger partial charge in [-0.25, -0.2) is 23.0 Å². The predicted octanol–water partition coefficient (Wildman–Crippen LogP) is 3.56. The van der Waals surface area contributed by atoms with Gasteiger partial charge in [-0.2, -0.15) is 0 Å². The highest BCUT2D eigenvalue weighted by Crippen LogP contribution is 2.29. The molecule has 0 heterocycles. The number of benzene rings is 2. The first-order chi connectivity index (χ1) is 9.45. The van der Waals surface area contributed by atoms with E-state index in [0.717, 1.165) is 18.2 Å². The van der Waals surface area contributed by atoms with Gasteiger partial charge in [0, 0.05) is 15.6 Å². The van der Waals surface area contributed by atoms with Crippen LogP contribution in [0.2, 0.25) is 0 Å². The Balaban J connectivity index is 2.55. The Morgan fingerprint density at radius 1 is 0.900 bits per heavy atom. The number of hydrazine groups is 1.